The van der Waals surface area contributed by atoms with E-state index in [0.717, 1.165) is 24.4 Å². The van der Waals surface area contributed by atoms with Gasteiger partial charge < -0.3 is 23.8 Å². The van der Waals surface area contributed by atoms with Gasteiger partial charge in [0, 0.05) is 43.9 Å². The first-order valence-corrected chi connectivity index (χ1v) is 10.5. The molecule has 0 N–H and O–H groups in total. The number of hydrogen-bond donors (Lipinski definition) is 0. The Kier molecular flexibility index (Phi) is 7.63. The molecule has 0 unspecified atom stereocenters. The molecule has 0 spiro atoms. The van der Waals surface area contributed by atoms with Gasteiger partial charge in [0.2, 0.25) is 5.75 Å². The minimum atomic E-state index is 0.0550. The van der Waals surface area contributed by atoms with Crippen LogP contribution in [0.2, 0.25) is 0 Å². The van der Waals surface area contributed by atoms with Gasteiger partial charge in [-0.2, -0.15) is 0 Å². The topological polar surface area (TPSA) is 60.5 Å². The maximum Gasteiger partial charge on any atom is 0.253 e. The predicted octanol–water partition coefficient (Wildman–Crippen LogP) is 3.46. The van der Waals surface area contributed by atoms with Crippen molar-refractivity contribution in [3.05, 3.63) is 47.5 Å². The van der Waals surface area contributed by atoms with Crippen molar-refractivity contribution < 1.29 is 23.7 Å². The van der Waals surface area contributed by atoms with Gasteiger partial charge in [0.05, 0.1) is 27.4 Å². The van der Waals surface area contributed by atoms with Crippen molar-refractivity contribution in [2.75, 3.05) is 47.5 Å². The summed E-state index contributed by atoms with van der Waals surface area (Å²) >= 11 is 0. The molecule has 3 rings (SSSR count). The van der Waals surface area contributed by atoms with E-state index in [1.165, 1.54) is 0 Å². The van der Waals surface area contributed by atoms with Crippen LogP contribution in [0, 0.1) is 0 Å². The number of ether oxygens (including phenoxy) is 4. The molecule has 1 saturated heterocycles. The van der Waals surface area contributed by atoms with E-state index in [4.69, 9.17) is 18.9 Å². The van der Waals surface area contributed by atoms with Gasteiger partial charge in [-0.1, -0.05) is 6.07 Å². The molecule has 0 aromatic heterocycles. The smallest absolute Gasteiger partial charge is 0.253 e. The van der Waals surface area contributed by atoms with E-state index in [0.29, 0.717) is 42.4 Å². The molecule has 31 heavy (non-hydrogen) atoms. The molecular formula is C24H32N2O5. The SMILES string of the molecule is COc1ccc(CN2CCN(C(=O)c3ccc(OC(C)C)cc3)CC2)c(OC)c1OC. The van der Waals surface area contributed by atoms with Crippen LogP contribution in [0.25, 0.3) is 0 Å². The summed E-state index contributed by atoms with van der Waals surface area (Å²) in [5.41, 5.74) is 1.71. The van der Waals surface area contributed by atoms with Crippen molar-refractivity contribution in [1.82, 2.24) is 9.80 Å². The molecule has 0 bridgehead atoms. The molecule has 7 nitrogen and oxygen atoms in total. The molecule has 1 heterocycles. The first-order valence-electron chi connectivity index (χ1n) is 10.5. The van der Waals surface area contributed by atoms with Crippen LogP contribution in [0.4, 0.5) is 0 Å². The number of benzene rings is 2. The quantitative estimate of drug-likeness (QED) is 0.642. The fourth-order valence-electron chi connectivity index (χ4n) is 3.77. The van der Waals surface area contributed by atoms with Gasteiger partial charge in [-0.05, 0) is 44.2 Å². The Bertz CT molecular complexity index is 874. The lowest BCUT2D eigenvalue weighted by atomic mass is 10.1. The fourth-order valence-corrected chi connectivity index (χ4v) is 3.77. The van der Waals surface area contributed by atoms with E-state index in [9.17, 15) is 4.79 Å². The van der Waals surface area contributed by atoms with Gasteiger partial charge in [0.15, 0.2) is 11.5 Å². The van der Waals surface area contributed by atoms with E-state index in [2.05, 4.69) is 4.90 Å². The van der Waals surface area contributed by atoms with Crippen LogP contribution < -0.4 is 18.9 Å². The summed E-state index contributed by atoms with van der Waals surface area (Å²) in [6.07, 6.45) is 0.110. The van der Waals surface area contributed by atoms with Crippen LogP contribution in [-0.2, 0) is 6.54 Å². The molecular weight excluding hydrogens is 396 g/mol. The normalized spacial score (nSPS) is 14.5. The van der Waals surface area contributed by atoms with Crippen molar-refractivity contribution in [1.29, 1.82) is 0 Å². The number of piperazine rings is 1. The third-order valence-electron chi connectivity index (χ3n) is 5.31. The number of nitrogens with zero attached hydrogens (tertiary/aromatic N) is 2. The molecule has 7 heteroatoms. The van der Waals surface area contributed by atoms with Gasteiger partial charge in [0.25, 0.3) is 5.91 Å². The van der Waals surface area contributed by atoms with Crippen LogP contribution in [-0.4, -0.2) is 69.3 Å². The molecule has 1 fully saturated rings. The van der Waals surface area contributed by atoms with Crippen molar-refractivity contribution in [3.8, 4) is 23.0 Å². The summed E-state index contributed by atoms with van der Waals surface area (Å²) < 4.78 is 22.1. The largest absolute Gasteiger partial charge is 0.493 e. The van der Waals surface area contributed by atoms with E-state index in [1.54, 1.807) is 21.3 Å². The second kappa shape index (κ2) is 10.4. The molecule has 1 amide bonds. The second-order valence-corrected chi connectivity index (χ2v) is 7.75. The van der Waals surface area contributed by atoms with Crippen molar-refractivity contribution >= 4 is 5.91 Å². The Morgan fingerprint density at radius 1 is 0.871 bits per heavy atom. The van der Waals surface area contributed by atoms with Gasteiger partial charge in [0.1, 0.15) is 5.75 Å². The summed E-state index contributed by atoms with van der Waals surface area (Å²) in [5.74, 6) is 2.76. The molecule has 0 aliphatic carbocycles. The van der Waals surface area contributed by atoms with Gasteiger partial charge in [-0.3, -0.25) is 9.69 Å². The summed E-state index contributed by atoms with van der Waals surface area (Å²) in [6.45, 7) is 7.62. The van der Waals surface area contributed by atoms with Crippen LogP contribution in [0.3, 0.4) is 0 Å². The monoisotopic (exact) mass is 428 g/mol. The predicted molar refractivity (Wildman–Crippen MR) is 119 cm³/mol. The van der Waals surface area contributed by atoms with Gasteiger partial charge >= 0.3 is 0 Å². The lowest BCUT2D eigenvalue weighted by Gasteiger charge is -2.35. The Morgan fingerprint density at radius 2 is 1.52 bits per heavy atom. The minimum Gasteiger partial charge on any atom is -0.493 e. The highest BCUT2D eigenvalue weighted by molar-refractivity contribution is 5.94. The average molecular weight is 429 g/mol. The number of methoxy groups -OCH3 is 3. The Labute approximate surface area is 184 Å². The Balaban J connectivity index is 1.60. The van der Waals surface area contributed by atoms with Crippen LogP contribution in [0.5, 0.6) is 23.0 Å². The van der Waals surface area contributed by atoms with Crippen molar-refractivity contribution in [3.63, 3.8) is 0 Å². The first-order chi connectivity index (χ1) is 15.0. The molecule has 0 saturated carbocycles. The highest BCUT2D eigenvalue weighted by atomic mass is 16.5. The number of hydrogen-bond acceptors (Lipinski definition) is 6. The Morgan fingerprint density at radius 3 is 2.06 bits per heavy atom. The van der Waals surface area contributed by atoms with Crippen LogP contribution in [0.1, 0.15) is 29.8 Å². The van der Waals surface area contributed by atoms with Gasteiger partial charge in [-0.25, -0.2) is 0 Å². The van der Waals surface area contributed by atoms with E-state index in [-0.39, 0.29) is 12.0 Å². The van der Waals surface area contributed by atoms with Crippen LogP contribution >= 0.6 is 0 Å². The first kappa shape index (κ1) is 22.7. The number of rotatable bonds is 8. The zero-order valence-electron chi connectivity index (χ0n) is 19.0. The zero-order chi connectivity index (χ0) is 22.4. The third kappa shape index (κ3) is 5.41. The summed E-state index contributed by atoms with van der Waals surface area (Å²) in [7, 11) is 4.85. The van der Waals surface area contributed by atoms with Gasteiger partial charge in [-0.15, -0.1) is 0 Å². The summed E-state index contributed by atoms with van der Waals surface area (Å²) in [5, 5.41) is 0. The lowest BCUT2D eigenvalue weighted by Crippen LogP contribution is -2.48. The molecule has 0 radical (unpaired) electrons. The van der Waals surface area contributed by atoms with Crippen molar-refractivity contribution in [2.45, 2.75) is 26.5 Å². The molecule has 1 aliphatic rings. The molecule has 1 aliphatic heterocycles. The molecule has 2 aromatic rings. The molecule has 168 valence electrons. The highest BCUT2D eigenvalue weighted by Gasteiger charge is 2.24. The summed E-state index contributed by atoms with van der Waals surface area (Å²) in [6, 6.07) is 11.3. The number of carbonyl (C=O) groups is 1. The maximum absolute atomic E-state index is 12.9. The minimum absolute atomic E-state index is 0.0550. The molecule has 0 atom stereocenters. The average Bonchev–Trinajstić information content (AvgIpc) is 2.78. The second-order valence-electron chi connectivity index (χ2n) is 7.75. The number of carbonyl (C=O) groups excluding carboxylic acids is 1. The van der Waals surface area contributed by atoms with E-state index < -0.39 is 0 Å². The fraction of sp³-hybridized carbons (Fsp3) is 0.458. The van der Waals surface area contributed by atoms with E-state index >= 15 is 0 Å². The Hall–Kier alpha value is -2.93. The zero-order valence-corrected chi connectivity index (χ0v) is 19.0. The van der Waals surface area contributed by atoms with Crippen molar-refractivity contribution in [2.24, 2.45) is 0 Å². The maximum atomic E-state index is 12.9. The highest BCUT2D eigenvalue weighted by Crippen LogP contribution is 2.40. The lowest BCUT2D eigenvalue weighted by molar-refractivity contribution is 0.0627. The van der Waals surface area contributed by atoms with E-state index in [1.807, 2.05) is 55.1 Å². The van der Waals surface area contributed by atoms with Crippen LogP contribution in [0.15, 0.2) is 36.4 Å². The standard InChI is InChI=1S/C24H32N2O5/c1-17(2)31-20-9-6-18(7-10-20)24(27)26-14-12-25(13-15-26)16-19-8-11-21(28-3)23(30-5)22(19)29-4/h6-11,17H,12-16H2,1-5H3. The summed E-state index contributed by atoms with van der Waals surface area (Å²) in [4.78, 5) is 17.1. The third-order valence-corrected chi connectivity index (χ3v) is 5.31. The number of amides is 1. The molecule has 2 aromatic carbocycles.